The molecule has 0 aliphatic rings. The molecule has 2 heterocycles. The van der Waals surface area contributed by atoms with E-state index in [9.17, 15) is 0 Å². The van der Waals surface area contributed by atoms with Crippen molar-refractivity contribution in [3.63, 3.8) is 0 Å². The quantitative estimate of drug-likeness (QED) is 0.308. The van der Waals surface area contributed by atoms with Gasteiger partial charge in [0.05, 0.1) is 5.56 Å². The first-order chi connectivity index (χ1) is 15.9. The van der Waals surface area contributed by atoms with Crippen LogP contribution < -0.4 is 4.57 Å². The molecule has 0 aliphatic heterocycles. The Morgan fingerprint density at radius 1 is 0.857 bits per heavy atom. The minimum Gasteiger partial charge on any atom is -0.455 e. The molecule has 0 amide bonds. The van der Waals surface area contributed by atoms with Crippen LogP contribution in [0.2, 0.25) is 0 Å². The van der Waals surface area contributed by atoms with Gasteiger partial charge in [0, 0.05) is 30.6 Å². The monoisotopic (exact) mass is 372 g/mol. The number of hydrogen-bond donors (Lipinski definition) is 0. The maximum Gasteiger partial charge on any atom is 0.216 e. The lowest BCUT2D eigenvalue weighted by Gasteiger charge is -2.09. The SMILES string of the molecule is [2H]C([2H])([2H])c1c[n+](C)c(-c2c(C)cc(C([2H])([2H])[2H])c3c2oc2ccc4ccccc4c23)cc1C. The van der Waals surface area contributed by atoms with E-state index in [0.29, 0.717) is 22.1 Å². The van der Waals surface area contributed by atoms with Gasteiger partial charge in [-0.3, -0.25) is 0 Å². The van der Waals surface area contributed by atoms with Crippen molar-refractivity contribution < 1.29 is 17.2 Å². The van der Waals surface area contributed by atoms with E-state index in [0.717, 1.165) is 33.0 Å². The van der Waals surface area contributed by atoms with E-state index in [-0.39, 0.29) is 11.1 Å². The minimum atomic E-state index is -2.33. The highest BCUT2D eigenvalue weighted by atomic mass is 16.3. The lowest BCUT2D eigenvalue weighted by molar-refractivity contribution is -0.660. The summed E-state index contributed by atoms with van der Waals surface area (Å²) in [6.07, 6.45) is 1.62. The molecule has 138 valence electrons. The number of aryl methyl sites for hydroxylation is 5. The first-order valence-corrected chi connectivity index (χ1v) is 9.27. The number of aromatic nitrogens is 1. The van der Waals surface area contributed by atoms with E-state index in [1.165, 1.54) is 0 Å². The first kappa shape index (κ1) is 11.7. The van der Waals surface area contributed by atoms with E-state index in [4.69, 9.17) is 12.6 Å². The highest BCUT2D eigenvalue weighted by molar-refractivity contribution is 6.21. The van der Waals surface area contributed by atoms with Crippen LogP contribution in [0.3, 0.4) is 0 Å². The topological polar surface area (TPSA) is 17.0 Å². The van der Waals surface area contributed by atoms with Crippen LogP contribution in [-0.4, -0.2) is 0 Å². The molecule has 2 aromatic heterocycles. The number of fused-ring (bicyclic) bond motifs is 5. The Hall–Kier alpha value is -3.13. The molecule has 0 fully saturated rings. The average Bonchev–Trinajstić information content (AvgIpc) is 3.13. The average molecular weight is 373 g/mol. The van der Waals surface area contributed by atoms with Gasteiger partial charge in [-0.05, 0) is 61.1 Å². The van der Waals surface area contributed by atoms with Crippen LogP contribution in [0.1, 0.15) is 30.5 Å². The molecule has 3 aromatic carbocycles. The van der Waals surface area contributed by atoms with Gasteiger partial charge in [-0.15, -0.1) is 0 Å². The summed E-state index contributed by atoms with van der Waals surface area (Å²) >= 11 is 0. The van der Waals surface area contributed by atoms with Crippen molar-refractivity contribution in [3.05, 3.63) is 77.0 Å². The van der Waals surface area contributed by atoms with E-state index in [2.05, 4.69) is 0 Å². The van der Waals surface area contributed by atoms with E-state index < -0.39 is 13.7 Å². The number of rotatable bonds is 1. The fraction of sp³-hybridized carbons (Fsp3) is 0.192. The van der Waals surface area contributed by atoms with Gasteiger partial charge in [0.25, 0.3) is 0 Å². The summed E-state index contributed by atoms with van der Waals surface area (Å²) < 4.78 is 56.4. The van der Waals surface area contributed by atoms with E-state index in [1.807, 2.05) is 49.4 Å². The Bertz CT molecular complexity index is 1610. The Morgan fingerprint density at radius 2 is 1.68 bits per heavy atom. The lowest BCUT2D eigenvalue weighted by atomic mass is 9.94. The predicted molar refractivity (Wildman–Crippen MR) is 117 cm³/mol. The molecule has 2 nitrogen and oxygen atoms in total. The van der Waals surface area contributed by atoms with Crippen molar-refractivity contribution in [2.45, 2.75) is 27.6 Å². The van der Waals surface area contributed by atoms with E-state index in [1.54, 1.807) is 30.8 Å². The van der Waals surface area contributed by atoms with Crippen LogP contribution in [0.15, 0.2) is 59.1 Å². The third kappa shape index (κ3) is 2.31. The number of nitrogens with zero attached hydrogens (tertiary/aromatic N) is 1. The normalized spacial score (nSPS) is 15.8. The number of benzene rings is 3. The summed E-state index contributed by atoms with van der Waals surface area (Å²) in [7, 11) is 1.80. The third-order valence-corrected chi connectivity index (χ3v) is 5.57. The summed E-state index contributed by atoms with van der Waals surface area (Å²) in [6.45, 7) is -0.921. The van der Waals surface area contributed by atoms with Crippen molar-refractivity contribution in [1.82, 2.24) is 0 Å². The Balaban J connectivity index is 1.97. The van der Waals surface area contributed by atoms with Gasteiger partial charge in [-0.1, -0.05) is 36.4 Å². The van der Waals surface area contributed by atoms with Crippen molar-refractivity contribution in [3.8, 4) is 11.3 Å². The summed E-state index contributed by atoms with van der Waals surface area (Å²) in [5, 5.41) is 3.28. The van der Waals surface area contributed by atoms with Gasteiger partial charge in [-0.2, -0.15) is 0 Å². The highest BCUT2D eigenvalue weighted by Crippen LogP contribution is 2.41. The lowest BCUT2D eigenvalue weighted by Crippen LogP contribution is -2.31. The number of furan rings is 1. The molecule has 0 saturated heterocycles. The van der Waals surface area contributed by atoms with E-state index >= 15 is 0 Å². The van der Waals surface area contributed by atoms with Crippen LogP contribution in [0.5, 0.6) is 0 Å². The van der Waals surface area contributed by atoms with Gasteiger partial charge in [0.1, 0.15) is 18.2 Å². The molecular weight excluding hydrogens is 342 g/mol. The second-order valence-electron chi connectivity index (χ2n) is 7.45. The molecule has 0 saturated carbocycles. The van der Waals surface area contributed by atoms with Crippen molar-refractivity contribution >= 4 is 32.7 Å². The van der Waals surface area contributed by atoms with Gasteiger partial charge in [-0.25, -0.2) is 4.57 Å². The van der Waals surface area contributed by atoms with Crippen molar-refractivity contribution in [2.75, 3.05) is 0 Å². The fourth-order valence-corrected chi connectivity index (χ4v) is 4.16. The van der Waals surface area contributed by atoms with Crippen molar-refractivity contribution in [2.24, 2.45) is 7.05 Å². The maximum atomic E-state index is 8.25. The molecule has 28 heavy (non-hydrogen) atoms. The van der Waals surface area contributed by atoms with Crippen LogP contribution in [0, 0.1) is 27.6 Å². The molecular formula is C26H24NO+. The van der Waals surface area contributed by atoms with Gasteiger partial charge in [0.2, 0.25) is 5.69 Å². The second-order valence-corrected chi connectivity index (χ2v) is 7.45. The van der Waals surface area contributed by atoms with Gasteiger partial charge < -0.3 is 4.42 Å². The summed E-state index contributed by atoms with van der Waals surface area (Å²) in [5.74, 6) is 0. The Kier molecular flexibility index (Phi) is 2.47. The standard InChI is InChI=1S/C26H24NO/c1-15-13-21(27(5)14-18(15)4)23-16(2)12-17(3)24-25-20-9-7-6-8-19(20)10-11-22(25)28-26(23)24/h6-14H,1-5H3/q+1/i3D3,4D3. The first-order valence-electron chi connectivity index (χ1n) is 12.3. The molecule has 0 spiro atoms. The molecule has 5 rings (SSSR count). The minimum absolute atomic E-state index is 0.248. The van der Waals surface area contributed by atoms with Crippen LogP contribution in [-0.2, 0) is 7.05 Å². The predicted octanol–water partition coefficient (Wildman–Crippen LogP) is 6.46. The summed E-state index contributed by atoms with van der Waals surface area (Å²) in [4.78, 5) is 0. The largest absolute Gasteiger partial charge is 0.455 e. The second kappa shape index (κ2) is 5.93. The zero-order valence-electron chi connectivity index (χ0n) is 22.1. The maximum absolute atomic E-state index is 8.25. The number of hydrogen-bond acceptors (Lipinski definition) is 1. The molecule has 2 heteroatoms. The summed E-state index contributed by atoms with van der Waals surface area (Å²) in [6, 6.07) is 15.3. The smallest absolute Gasteiger partial charge is 0.216 e. The van der Waals surface area contributed by atoms with Crippen molar-refractivity contribution in [1.29, 1.82) is 0 Å². The zero-order chi connectivity index (χ0) is 24.6. The Labute approximate surface area is 173 Å². The third-order valence-electron chi connectivity index (χ3n) is 5.57. The summed E-state index contributed by atoms with van der Waals surface area (Å²) in [5.41, 5.74) is 4.54. The molecule has 0 aliphatic carbocycles. The molecule has 0 radical (unpaired) electrons. The fourth-order valence-electron chi connectivity index (χ4n) is 4.16. The van der Waals surface area contributed by atoms with Crippen LogP contribution in [0.4, 0.5) is 0 Å². The molecule has 5 aromatic rings. The van der Waals surface area contributed by atoms with Gasteiger partial charge >= 0.3 is 0 Å². The number of pyridine rings is 1. The van der Waals surface area contributed by atoms with Gasteiger partial charge in [0.15, 0.2) is 6.20 Å². The van der Waals surface area contributed by atoms with Crippen LogP contribution in [0.25, 0.3) is 44.0 Å². The highest BCUT2D eigenvalue weighted by Gasteiger charge is 2.23. The Morgan fingerprint density at radius 3 is 2.50 bits per heavy atom. The molecule has 0 N–H and O–H groups in total. The molecule has 0 unspecified atom stereocenters. The zero-order valence-corrected chi connectivity index (χ0v) is 16.1. The van der Waals surface area contributed by atoms with Crippen LogP contribution >= 0.6 is 0 Å². The molecule has 0 atom stereocenters. The molecule has 0 bridgehead atoms.